The highest BCUT2D eigenvalue weighted by molar-refractivity contribution is 14.0. The average Bonchev–Trinajstić information content (AvgIpc) is 3.13. The van der Waals surface area contributed by atoms with Crippen LogP contribution in [-0.4, -0.2) is 87.1 Å². The van der Waals surface area contributed by atoms with E-state index in [0.717, 1.165) is 78.0 Å². The van der Waals surface area contributed by atoms with Crippen LogP contribution < -0.4 is 10.6 Å². The van der Waals surface area contributed by atoms with Crippen molar-refractivity contribution in [3.05, 3.63) is 0 Å². The van der Waals surface area contributed by atoms with Crippen LogP contribution in [0.5, 0.6) is 0 Å². The van der Waals surface area contributed by atoms with Gasteiger partial charge in [0.05, 0.1) is 25.3 Å². The Morgan fingerprint density at radius 2 is 2.04 bits per heavy atom. The van der Waals surface area contributed by atoms with Crippen molar-refractivity contribution in [2.24, 2.45) is 4.99 Å². The van der Waals surface area contributed by atoms with Crippen molar-refractivity contribution < 1.29 is 9.47 Å². The molecule has 0 radical (unpaired) electrons. The quantitative estimate of drug-likeness (QED) is 0.208. The number of rotatable bonds is 10. The maximum absolute atomic E-state index is 5.54. The molecule has 0 aromatic heterocycles. The number of halogens is 1. The summed E-state index contributed by atoms with van der Waals surface area (Å²) in [6, 6.07) is 0. The molecule has 2 N–H and O–H groups in total. The molecule has 1 atom stereocenters. The van der Waals surface area contributed by atoms with Crippen LogP contribution in [-0.2, 0) is 9.47 Å². The number of nitrogens with one attached hydrogen (secondary N) is 2. The topological polar surface area (TPSA) is 58.1 Å². The van der Waals surface area contributed by atoms with Gasteiger partial charge in [-0.15, -0.1) is 24.0 Å². The Balaban J connectivity index is 0.00000338. The number of morpholine rings is 1. The molecule has 2 heterocycles. The maximum atomic E-state index is 5.54. The number of hydrogen-bond acceptors (Lipinski definition) is 5. The lowest BCUT2D eigenvalue weighted by Crippen LogP contribution is -2.56. The number of unbranched alkanes of at least 4 members (excludes halogenated alkanes) is 1. The Bertz CT molecular complexity index is 389. The summed E-state index contributed by atoms with van der Waals surface area (Å²) >= 11 is 2.06. The van der Waals surface area contributed by atoms with Crippen molar-refractivity contribution in [2.75, 3.05) is 70.7 Å². The lowest BCUT2D eigenvalue weighted by Gasteiger charge is -2.42. The largest absolute Gasteiger partial charge is 0.382 e. The molecular formula is C18H37IN4O2S. The highest BCUT2D eigenvalue weighted by Crippen LogP contribution is 2.34. The van der Waals surface area contributed by atoms with Crippen molar-refractivity contribution in [1.29, 1.82) is 0 Å². The Hall–Kier alpha value is 0.230. The number of thioether (sulfide) groups is 1. The molecule has 2 saturated heterocycles. The lowest BCUT2D eigenvalue weighted by molar-refractivity contribution is -0.0104. The minimum Gasteiger partial charge on any atom is -0.382 e. The predicted molar refractivity (Wildman–Crippen MR) is 122 cm³/mol. The monoisotopic (exact) mass is 500 g/mol. The van der Waals surface area contributed by atoms with E-state index in [4.69, 9.17) is 14.5 Å². The molecule has 0 aliphatic carbocycles. The molecule has 0 amide bonds. The van der Waals surface area contributed by atoms with Gasteiger partial charge in [0.2, 0.25) is 0 Å². The third-order valence-corrected chi connectivity index (χ3v) is 6.09. The smallest absolute Gasteiger partial charge is 0.191 e. The number of nitrogens with zero attached hydrogens (tertiary/aromatic N) is 2. The summed E-state index contributed by atoms with van der Waals surface area (Å²) < 4.78 is 10.9. The van der Waals surface area contributed by atoms with Crippen molar-refractivity contribution in [3.63, 3.8) is 0 Å². The predicted octanol–water partition coefficient (Wildman–Crippen LogP) is 2.18. The third-order valence-electron chi connectivity index (χ3n) is 4.85. The second kappa shape index (κ2) is 14.3. The molecule has 154 valence electrons. The first-order valence-electron chi connectivity index (χ1n) is 9.81. The molecule has 1 unspecified atom stereocenters. The molecule has 2 fully saturated rings. The molecule has 2 rings (SSSR count). The van der Waals surface area contributed by atoms with Crippen LogP contribution in [0.25, 0.3) is 0 Å². The number of aliphatic imine (C=N–C) groups is 1. The van der Waals surface area contributed by atoms with E-state index in [-0.39, 0.29) is 29.5 Å². The van der Waals surface area contributed by atoms with Gasteiger partial charge >= 0.3 is 0 Å². The zero-order valence-electron chi connectivity index (χ0n) is 16.4. The zero-order chi connectivity index (χ0) is 17.8. The Labute approximate surface area is 180 Å². The van der Waals surface area contributed by atoms with E-state index in [9.17, 15) is 0 Å². The van der Waals surface area contributed by atoms with Crippen LogP contribution in [0.2, 0.25) is 0 Å². The summed E-state index contributed by atoms with van der Waals surface area (Å²) in [7, 11) is 0. The normalized spacial score (nSPS) is 24.3. The van der Waals surface area contributed by atoms with Gasteiger partial charge in [-0.2, -0.15) is 11.8 Å². The summed E-state index contributed by atoms with van der Waals surface area (Å²) in [6.45, 7) is 12.3. The molecule has 0 bridgehead atoms. The zero-order valence-corrected chi connectivity index (χ0v) is 19.6. The van der Waals surface area contributed by atoms with E-state index in [2.05, 4.69) is 34.2 Å². The molecule has 0 aromatic rings. The molecule has 0 saturated carbocycles. The summed E-state index contributed by atoms with van der Waals surface area (Å²) in [4.78, 5) is 7.56. The van der Waals surface area contributed by atoms with Crippen LogP contribution in [0.4, 0.5) is 0 Å². The molecule has 2 aliphatic rings. The molecule has 6 nitrogen and oxygen atoms in total. The van der Waals surface area contributed by atoms with Crippen molar-refractivity contribution in [2.45, 2.75) is 38.6 Å². The van der Waals surface area contributed by atoms with Crippen molar-refractivity contribution in [1.82, 2.24) is 15.5 Å². The fourth-order valence-electron chi connectivity index (χ4n) is 3.36. The van der Waals surface area contributed by atoms with Gasteiger partial charge in [0.1, 0.15) is 0 Å². The first-order chi connectivity index (χ1) is 12.3. The van der Waals surface area contributed by atoms with Gasteiger partial charge in [0.15, 0.2) is 5.96 Å². The number of guanidine groups is 1. The molecule has 0 spiro atoms. The summed E-state index contributed by atoms with van der Waals surface area (Å²) in [5, 5.41) is 6.86. The van der Waals surface area contributed by atoms with E-state index < -0.39 is 0 Å². The van der Waals surface area contributed by atoms with Crippen LogP contribution >= 0.6 is 35.7 Å². The van der Waals surface area contributed by atoms with Crippen LogP contribution in [0.1, 0.15) is 33.1 Å². The minimum atomic E-state index is 0. The minimum absolute atomic E-state index is 0. The fraction of sp³-hybridized carbons (Fsp3) is 0.944. The number of hydrogen-bond donors (Lipinski definition) is 2. The van der Waals surface area contributed by atoms with E-state index >= 15 is 0 Å². The van der Waals surface area contributed by atoms with Gasteiger partial charge in [0, 0.05) is 45.1 Å². The van der Waals surface area contributed by atoms with Gasteiger partial charge in [0.25, 0.3) is 0 Å². The van der Waals surface area contributed by atoms with E-state index in [1.165, 1.54) is 17.9 Å². The number of ether oxygens (including phenoxy) is 2. The maximum Gasteiger partial charge on any atom is 0.191 e. The van der Waals surface area contributed by atoms with Gasteiger partial charge in [-0.1, -0.05) is 0 Å². The average molecular weight is 500 g/mol. The molecular weight excluding hydrogens is 463 g/mol. The third kappa shape index (κ3) is 8.08. The Kier molecular flexibility index (Phi) is 13.3. The second-order valence-electron chi connectivity index (χ2n) is 6.65. The molecule has 8 heteroatoms. The van der Waals surface area contributed by atoms with Gasteiger partial charge in [-0.25, -0.2) is 0 Å². The van der Waals surface area contributed by atoms with Crippen LogP contribution in [0.3, 0.4) is 0 Å². The van der Waals surface area contributed by atoms with E-state index in [1.54, 1.807) is 0 Å². The summed E-state index contributed by atoms with van der Waals surface area (Å²) in [6.07, 6.45) is 3.43. The fourth-order valence-corrected chi connectivity index (χ4v) is 4.82. The molecule has 2 aliphatic heterocycles. The Morgan fingerprint density at radius 1 is 1.23 bits per heavy atom. The van der Waals surface area contributed by atoms with Crippen LogP contribution in [0, 0.1) is 0 Å². The van der Waals surface area contributed by atoms with Crippen molar-refractivity contribution >= 4 is 41.7 Å². The standard InChI is InChI=1S/C18H36N4O2S.HI/c1-3-19-17(20-8-5-6-11-23-4-2)21-15-18(7-14-25-16-18)22-9-12-24-13-10-22;/h3-16H2,1-2H3,(H2,19,20,21);1H. The lowest BCUT2D eigenvalue weighted by atomic mass is 9.96. The first kappa shape index (κ1) is 24.3. The SMILES string of the molecule is CCNC(=NCC1(N2CCOCC2)CCSC1)NCCCCOCC.I. The highest BCUT2D eigenvalue weighted by atomic mass is 127. The second-order valence-corrected chi connectivity index (χ2v) is 7.76. The molecule has 26 heavy (non-hydrogen) atoms. The highest BCUT2D eigenvalue weighted by Gasteiger charge is 2.40. The van der Waals surface area contributed by atoms with Gasteiger partial charge in [-0.05, 0) is 38.9 Å². The molecule has 0 aromatic carbocycles. The van der Waals surface area contributed by atoms with Gasteiger partial charge in [-0.3, -0.25) is 9.89 Å². The summed E-state index contributed by atoms with van der Waals surface area (Å²) in [5.74, 6) is 3.38. The van der Waals surface area contributed by atoms with E-state index in [0.29, 0.717) is 0 Å². The van der Waals surface area contributed by atoms with Gasteiger partial charge < -0.3 is 20.1 Å². The summed E-state index contributed by atoms with van der Waals surface area (Å²) in [5.41, 5.74) is 0.214. The Morgan fingerprint density at radius 3 is 2.69 bits per heavy atom. The first-order valence-corrected chi connectivity index (χ1v) is 11.0. The van der Waals surface area contributed by atoms with E-state index in [1.807, 2.05) is 6.92 Å². The van der Waals surface area contributed by atoms with Crippen LogP contribution in [0.15, 0.2) is 4.99 Å². The van der Waals surface area contributed by atoms with Crippen molar-refractivity contribution in [3.8, 4) is 0 Å².